The van der Waals surface area contributed by atoms with Crippen LogP contribution in [0.25, 0.3) is 0 Å². The van der Waals surface area contributed by atoms with Crippen molar-refractivity contribution in [1.82, 2.24) is 4.98 Å². The van der Waals surface area contributed by atoms with Crippen molar-refractivity contribution in [3.63, 3.8) is 0 Å². The smallest absolute Gasteiger partial charge is 0.128 e. The molecule has 1 aromatic rings. The van der Waals surface area contributed by atoms with Crippen LogP contribution in [-0.4, -0.2) is 4.98 Å². The Morgan fingerprint density at radius 2 is 2.00 bits per heavy atom. The first kappa shape index (κ1) is 12.3. The number of hydrogen-bond acceptors (Lipinski definition) is 3. The molecule has 4 N–H and O–H groups in total. The molecule has 1 aromatic heterocycles. The van der Waals surface area contributed by atoms with E-state index in [9.17, 15) is 0 Å². The molecule has 0 aromatic carbocycles. The van der Waals surface area contributed by atoms with E-state index in [2.05, 4.69) is 4.98 Å². The highest BCUT2D eigenvalue weighted by atomic mass is 35.5. The van der Waals surface area contributed by atoms with Crippen LogP contribution in [0.1, 0.15) is 37.3 Å². The summed E-state index contributed by atoms with van der Waals surface area (Å²) in [5, 5.41) is 0. The van der Waals surface area contributed by atoms with Crippen molar-refractivity contribution in [2.24, 2.45) is 11.7 Å². The Labute approximate surface area is 96.7 Å². The number of nitrogen functional groups attached to an aromatic ring is 1. The molecule has 84 valence electrons. The van der Waals surface area contributed by atoms with Gasteiger partial charge in [-0.3, -0.25) is 0 Å². The summed E-state index contributed by atoms with van der Waals surface area (Å²) in [5.41, 5.74) is 13.0. The molecule has 15 heavy (non-hydrogen) atoms. The molecular weight excluding hydrogens is 210 g/mol. The maximum atomic E-state index is 6.18. The first-order valence-electron chi connectivity index (χ1n) is 5.25. The molecule has 4 heteroatoms. The molecule has 1 aliphatic rings. The monoisotopic (exact) mass is 227 g/mol. The highest BCUT2D eigenvalue weighted by Crippen LogP contribution is 2.35. The fourth-order valence-corrected chi connectivity index (χ4v) is 2.28. The number of aromatic nitrogens is 1. The minimum Gasteiger partial charge on any atom is -0.383 e. The number of rotatable bonds is 2. The Morgan fingerprint density at radius 1 is 1.33 bits per heavy atom. The zero-order chi connectivity index (χ0) is 9.97. The number of anilines is 1. The Hall–Kier alpha value is -0.800. The molecule has 1 aliphatic carbocycles. The predicted molar refractivity (Wildman–Crippen MR) is 64.8 cm³/mol. The van der Waals surface area contributed by atoms with E-state index in [0.717, 1.165) is 5.56 Å². The second-order valence-corrected chi connectivity index (χ2v) is 4.05. The lowest BCUT2D eigenvalue weighted by Crippen LogP contribution is -2.20. The van der Waals surface area contributed by atoms with Crippen LogP contribution in [0, 0.1) is 5.92 Å². The summed E-state index contributed by atoms with van der Waals surface area (Å²) < 4.78 is 0. The van der Waals surface area contributed by atoms with E-state index < -0.39 is 0 Å². The molecule has 1 saturated carbocycles. The van der Waals surface area contributed by atoms with Crippen molar-refractivity contribution < 1.29 is 0 Å². The summed E-state index contributed by atoms with van der Waals surface area (Å²) in [5.74, 6) is 1.19. The quantitative estimate of drug-likeness (QED) is 0.815. The number of halogens is 1. The minimum atomic E-state index is 0. The van der Waals surface area contributed by atoms with Gasteiger partial charge >= 0.3 is 0 Å². The normalized spacial score (nSPS) is 18.5. The van der Waals surface area contributed by atoms with E-state index in [1.54, 1.807) is 6.20 Å². The third-order valence-electron chi connectivity index (χ3n) is 3.14. The molecule has 0 aliphatic heterocycles. The van der Waals surface area contributed by atoms with E-state index in [0.29, 0.717) is 11.7 Å². The summed E-state index contributed by atoms with van der Waals surface area (Å²) in [6, 6.07) is 3.97. The summed E-state index contributed by atoms with van der Waals surface area (Å²) in [6.45, 7) is 0. The van der Waals surface area contributed by atoms with Gasteiger partial charge in [-0.25, -0.2) is 4.98 Å². The maximum absolute atomic E-state index is 6.18. The molecule has 1 fully saturated rings. The van der Waals surface area contributed by atoms with Crippen LogP contribution in [0.4, 0.5) is 5.82 Å². The van der Waals surface area contributed by atoms with Gasteiger partial charge in [0.15, 0.2) is 0 Å². The van der Waals surface area contributed by atoms with Crippen molar-refractivity contribution in [3.8, 4) is 0 Å². The molecule has 0 amide bonds. The average Bonchev–Trinajstić information content (AvgIpc) is 2.70. The van der Waals surface area contributed by atoms with E-state index in [-0.39, 0.29) is 18.4 Å². The van der Waals surface area contributed by atoms with Gasteiger partial charge in [-0.1, -0.05) is 18.9 Å². The van der Waals surface area contributed by atoms with Crippen LogP contribution in [0.15, 0.2) is 18.3 Å². The van der Waals surface area contributed by atoms with Crippen LogP contribution in [-0.2, 0) is 0 Å². The van der Waals surface area contributed by atoms with Gasteiger partial charge < -0.3 is 11.5 Å². The summed E-state index contributed by atoms with van der Waals surface area (Å²) in [7, 11) is 0. The lowest BCUT2D eigenvalue weighted by molar-refractivity contribution is 0.445. The van der Waals surface area contributed by atoms with Crippen molar-refractivity contribution in [2.45, 2.75) is 31.7 Å². The topological polar surface area (TPSA) is 64.9 Å². The molecule has 3 nitrogen and oxygen atoms in total. The van der Waals surface area contributed by atoms with E-state index >= 15 is 0 Å². The molecule has 0 saturated heterocycles. The van der Waals surface area contributed by atoms with Gasteiger partial charge in [0, 0.05) is 17.8 Å². The first-order chi connectivity index (χ1) is 6.79. The van der Waals surface area contributed by atoms with Crippen LogP contribution >= 0.6 is 12.4 Å². The van der Waals surface area contributed by atoms with Gasteiger partial charge in [0.05, 0.1) is 0 Å². The molecule has 0 radical (unpaired) electrons. The third kappa shape index (κ3) is 2.61. The largest absolute Gasteiger partial charge is 0.383 e. The molecule has 0 unspecified atom stereocenters. The van der Waals surface area contributed by atoms with Gasteiger partial charge in [-0.15, -0.1) is 12.4 Å². The predicted octanol–water partition coefficient (Wildman–Crippen LogP) is 2.28. The fourth-order valence-electron chi connectivity index (χ4n) is 2.28. The zero-order valence-corrected chi connectivity index (χ0v) is 9.54. The number of nitrogens with two attached hydrogens (primary N) is 2. The zero-order valence-electron chi connectivity index (χ0n) is 8.73. The summed E-state index contributed by atoms with van der Waals surface area (Å²) in [4.78, 5) is 4.07. The SMILES string of the molecule is Cl.Nc1ncccc1[C@H](N)C1CCCC1. The molecule has 2 rings (SSSR count). The van der Waals surface area contributed by atoms with E-state index in [4.69, 9.17) is 11.5 Å². The average molecular weight is 228 g/mol. The highest BCUT2D eigenvalue weighted by molar-refractivity contribution is 5.85. The first-order valence-corrected chi connectivity index (χ1v) is 5.25. The number of nitrogens with zero attached hydrogens (tertiary/aromatic N) is 1. The van der Waals surface area contributed by atoms with E-state index in [1.807, 2.05) is 12.1 Å². The highest BCUT2D eigenvalue weighted by Gasteiger charge is 2.24. The summed E-state index contributed by atoms with van der Waals surface area (Å²) in [6.07, 6.45) is 6.78. The van der Waals surface area contributed by atoms with Crippen molar-refractivity contribution >= 4 is 18.2 Å². The Kier molecular flexibility index (Phi) is 4.36. The second-order valence-electron chi connectivity index (χ2n) is 4.05. The number of pyridine rings is 1. The molecule has 1 heterocycles. The maximum Gasteiger partial charge on any atom is 0.128 e. The second kappa shape index (κ2) is 5.33. The molecular formula is C11H18ClN3. The van der Waals surface area contributed by atoms with Crippen molar-refractivity contribution in [2.75, 3.05) is 5.73 Å². The van der Waals surface area contributed by atoms with E-state index in [1.165, 1.54) is 25.7 Å². The Balaban J connectivity index is 0.00000112. The van der Waals surface area contributed by atoms with Gasteiger partial charge in [0.25, 0.3) is 0 Å². The third-order valence-corrected chi connectivity index (χ3v) is 3.14. The van der Waals surface area contributed by atoms with Gasteiger partial charge in [-0.2, -0.15) is 0 Å². The Morgan fingerprint density at radius 3 is 2.60 bits per heavy atom. The van der Waals surface area contributed by atoms with Crippen molar-refractivity contribution in [1.29, 1.82) is 0 Å². The molecule has 0 spiro atoms. The molecule has 1 atom stereocenters. The minimum absolute atomic E-state index is 0. The summed E-state index contributed by atoms with van der Waals surface area (Å²) >= 11 is 0. The standard InChI is InChI=1S/C11H17N3.ClH/c12-10(8-4-1-2-5-8)9-6-3-7-14-11(9)13;/h3,6-8,10H,1-2,4-5,12H2,(H2,13,14);1H/t10-;/m1./s1. The Bertz CT molecular complexity index is 310. The van der Waals surface area contributed by atoms with Gasteiger partial charge in [0.1, 0.15) is 5.82 Å². The molecule has 0 bridgehead atoms. The van der Waals surface area contributed by atoms with Crippen LogP contribution in [0.5, 0.6) is 0 Å². The lowest BCUT2D eigenvalue weighted by Gasteiger charge is -2.19. The van der Waals surface area contributed by atoms with Crippen molar-refractivity contribution in [3.05, 3.63) is 23.9 Å². The van der Waals surface area contributed by atoms with Gasteiger partial charge in [-0.05, 0) is 24.8 Å². The van der Waals surface area contributed by atoms with Crippen LogP contribution in [0.2, 0.25) is 0 Å². The lowest BCUT2D eigenvalue weighted by atomic mass is 9.93. The number of hydrogen-bond donors (Lipinski definition) is 2. The van der Waals surface area contributed by atoms with Crippen LogP contribution < -0.4 is 11.5 Å². The fraction of sp³-hybridized carbons (Fsp3) is 0.545. The van der Waals surface area contributed by atoms with Gasteiger partial charge in [0.2, 0.25) is 0 Å². The van der Waals surface area contributed by atoms with Crippen LogP contribution in [0.3, 0.4) is 0 Å².